The van der Waals surface area contributed by atoms with E-state index < -0.39 is 0 Å². The molecule has 2 heterocycles. The van der Waals surface area contributed by atoms with E-state index in [1.807, 2.05) is 24.3 Å². The summed E-state index contributed by atoms with van der Waals surface area (Å²) in [6.07, 6.45) is 2.25. The van der Waals surface area contributed by atoms with E-state index in [4.69, 9.17) is 11.6 Å². The van der Waals surface area contributed by atoms with Gasteiger partial charge in [-0.3, -0.25) is 10.1 Å². The molecule has 1 unspecified atom stereocenters. The number of rotatable bonds is 2. The average molecular weight is 289 g/mol. The van der Waals surface area contributed by atoms with Crippen LogP contribution >= 0.6 is 11.6 Å². The number of halogens is 1. The molecule has 0 spiro atoms. The number of anilines is 2. The largest absolute Gasteiger partial charge is 0.385 e. The maximum Gasteiger partial charge on any atom is 0.234 e. The molecule has 3 rings (SSSR count). The van der Waals surface area contributed by atoms with Crippen LogP contribution in [0.3, 0.4) is 0 Å². The molecule has 2 N–H and O–H groups in total. The van der Waals surface area contributed by atoms with Crippen molar-refractivity contribution in [2.75, 3.05) is 17.2 Å². The van der Waals surface area contributed by atoms with Crippen molar-refractivity contribution in [1.29, 1.82) is 0 Å². The maximum atomic E-state index is 12.4. The van der Waals surface area contributed by atoms with Gasteiger partial charge in [0.1, 0.15) is 5.15 Å². The molecule has 0 saturated heterocycles. The summed E-state index contributed by atoms with van der Waals surface area (Å²) in [5.74, 6) is -0.0743. The van der Waals surface area contributed by atoms with Gasteiger partial charge in [-0.15, -0.1) is 0 Å². The molecule has 0 radical (unpaired) electrons. The molecule has 6 heteroatoms. The number of benzene rings is 1. The first-order valence-electron chi connectivity index (χ1n) is 6.36. The standard InChI is InChI=1S/C14H13ClN4O/c15-12-6-8-17-14(18-12)19-13(20)10-5-7-16-11-4-2-1-3-9(10)11/h1-4,6,8,10,16H,5,7H2,(H,17,18,19,20). The third-order valence-corrected chi connectivity index (χ3v) is 3.47. The summed E-state index contributed by atoms with van der Waals surface area (Å²) in [5, 5.41) is 6.31. The number of nitrogens with zero attached hydrogens (tertiary/aromatic N) is 2. The van der Waals surface area contributed by atoms with Crippen molar-refractivity contribution in [1.82, 2.24) is 9.97 Å². The Morgan fingerprint density at radius 1 is 1.35 bits per heavy atom. The van der Waals surface area contributed by atoms with E-state index in [0.717, 1.165) is 24.2 Å². The van der Waals surface area contributed by atoms with Gasteiger partial charge in [-0.1, -0.05) is 29.8 Å². The quantitative estimate of drug-likeness (QED) is 0.834. The van der Waals surface area contributed by atoms with Crippen LogP contribution in [0.15, 0.2) is 36.5 Å². The fraction of sp³-hybridized carbons (Fsp3) is 0.214. The van der Waals surface area contributed by atoms with Crippen LogP contribution in [0, 0.1) is 0 Å². The number of para-hydroxylation sites is 1. The van der Waals surface area contributed by atoms with E-state index >= 15 is 0 Å². The summed E-state index contributed by atoms with van der Waals surface area (Å²) >= 11 is 5.78. The Morgan fingerprint density at radius 3 is 3.05 bits per heavy atom. The minimum absolute atomic E-state index is 0.110. The molecule has 5 nitrogen and oxygen atoms in total. The second kappa shape index (κ2) is 5.46. The van der Waals surface area contributed by atoms with Gasteiger partial charge in [-0.2, -0.15) is 0 Å². The molecule has 0 bridgehead atoms. The summed E-state index contributed by atoms with van der Waals surface area (Å²) in [4.78, 5) is 20.3. The van der Waals surface area contributed by atoms with Crippen LogP contribution in [0.4, 0.5) is 11.6 Å². The van der Waals surface area contributed by atoms with Gasteiger partial charge in [0, 0.05) is 18.4 Å². The fourth-order valence-electron chi connectivity index (χ4n) is 2.34. The third kappa shape index (κ3) is 2.58. The van der Waals surface area contributed by atoms with Gasteiger partial charge in [-0.25, -0.2) is 9.97 Å². The first-order valence-corrected chi connectivity index (χ1v) is 6.74. The summed E-state index contributed by atoms with van der Waals surface area (Å²) < 4.78 is 0. The van der Waals surface area contributed by atoms with E-state index in [-0.39, 0.29) is 17.8 Å². The van der Waals surface area contributed by atoms with E-state index in [1.165, 1.54) is 6.20 Å². The Morgan fingerprint density at radius 2 is 2.20 bits per heavy atom. The van der Waals surface area contributed by atoms with Gasteiger partial charge in [0.2, 0.25) is 11.9 Å². The molecular formula is C14H13ClN4O. The predicted molar refractivity (Wildman–Crippen MR) is 78.0 cm³/mol. The summed E-state index contributed by atoms with van der Waals surface area (Å²) in [6.45, 7) is 0.769. The highest BCUT2D eigenvalue weighted by atomic mass is 35.5. The Balaban J connectivity index is 1.82. The Hall–Kier alpha value is -2.14. The monoisotopic (exact) mass is 288 g/mol. The van der Waals surface area contributed by atoms with Crippen LogP contribution in [0.2, 0.25) is 5.15 Å². The van der Waals surface area contributed by atoms with Crippen molar-refractivity contribution >= 4 is 29.1 Å². The van der Waals surface area contributed by atoms with Crippen molar-refractivity contribution in [3.63, 3.8) is 0 Å². The van der Waals surface area contributed by atoms with E-state index in [0.29, 0.717) is 5.15 Å². The van der Waals surface area contributed by atoms with Gasteiger partial charge in [0.05, 0.1) is 5.92 Å². The fourth-order valence-corrected chi connectivity index (χ4v) is 2.47. The number of carbonyl (C=O) groups is 1. The molecule has 20 heavy (non-hydrogen) atoms. The van der Waals surface area contributed by atoms with Gasteiger partial charge in [-0.05, 0) is 24.1 Å². The second-order valence-corrected chi connectivity index (χ2v) is 4.93. The number of fused-ring (bicyclic) bond motifs is 1. The molecule has 1 aliphatic heterocycles. The molecular weight excluding hydrogens is 276 g/mol. The SMILES string of the molecule is O=C(Nc1nccc(Cl)n1)C1CCNc2ccccc21. The zero-order valence-corrected chi connectivity index (χ0v) is 11.4. The van der Waals surface area contributed by atoms with E-state index in [2.05, 4.69) is 20.6 Å². The lowest BCUT2D eigenvalue weighted by atomic mass is 9.90. The van der Waals surface area contributed by atoms with Crippen molar-refractivity contribution in [3.8, 4) is 0 Å². The minimum atomic E-state index is -0.199. The molecule has 1 aromatic carbocycles. The number of nitrogens with one attached hydrogen (secondary N) is 2. The number of carbonyl (C=O) groups excluding carboxylic acids is 1. The average Bonchev–Trinajstić information content (AvgIpc) is 2.46. The van der Waals surface area contributed by atoms with Gasteiger partial charge in [0.25, 0.3) is 0 Å². The summed E-state index contributed by atoms with van der Waals surface area (Å²) in [5.41, 5.74) is 2.00. The molecule has 1 aromatic heterocycles. The minimum Gasteiger partial charge on any atom is -0.385 e. The number of hydrogen-bond donors (Lipinski definition) is 2. The lowest BCUT2D eigenvalue weighted by Gasteiger charge is -2.25. The molecule has 1 amide bonds. The Kier molecular flexibility index (Phi) is 3.52. The zero-order valence-electron chi connectivity index (χ0n) is 10.6. The first kappa shape index (κ1) is 12.9. The molecule has 0 saturated carbocycles. The number of amides is 1. The normalized spacial score (nSPS) is 16.9. The topological polar surface area (TPSA) is 66.9 Å². The van der Waals surface area contributed by atoms with Crippen molar-refractivity contribution < 1.29 is 4.79 Å². The van der Waals surface area contributed by atoms with Crippen LogP contribution in [-0.4, -0.2) is 22.4 Å². The molecule has 0 fully saturated rings. The van der Waals surface area contributed by atoms with Crippen LogP contribution in [-0.2, 0) is 4.79 Å². The van der Waals surface area contributed by atoms with Gasteiger partial charge in [0.15, 0.2) is 0 Å². The van der Waals surface area contributed by atoms with Crippen molar-refractivity contribution in [3.05, 3.63) is 47.2 Å². The lowest BCUT2D eigenvalue weighted by Crippen LogP contribution is -2.28. The van der Waals surface area contributed by atoms with E-state index in [9.17, 15) is 4.79 Å². The van der Waals surface area contributed by atoms with Gasteiger partial charge >= 0.3 is 0 Å². The van der Waals surface area contributed by atoms with Gasteiger partial charge < -0.3 is 5.32 Å². The van der Waals surface area contributed by atoms with Crippen LogP contribution in [0.5, 0.6) is 0 Å². The Labute approximate surface area is 121 Å². The highest BCUT2D eigenvalue weighted by Gasteiger charge is 2.26. The predicted octanol–water partition coefficient (Wildman–Crippen LogP) is 2.67. The molecule has 102 valence electrons. The highest BCUT2D eigenvalue weighted by Crippen LogP contribution is 2.31. The lowest BCUT2D eigenvalue weighted by molar-refractivity contribution is -0.117. The molecule has 1 aliphatic rings. The van der Waals surface area contributed by atoms with Crippen molar-refractivity contribution in [2.24, 2.45) is 0 Å². The summed E-state index contributed by atoms with van der Waals surface area (Å²) in [7, 11) is 0. The molecule has 2 aromatic rings. The first-order chi connectivity index (χ1) is 9.74. The third-order valence-electron chi connectivity index (χ3n) is 3.26. The summed E-state index contributed by atoms with van der Waals surface area (Å²) in [6, 6.07) is 9.39. The zero-order chi connectivity index (χ0) is 13.9. The number of aromatic nitrogens is 2. The highest BCUT2D eigenvalue weighted by molar-refractivity contribution is 6.29. The Bertz CT molecular complexity index is 647. The molecule has 1 atom stereocenters. The van der Waals surface area contributed by atoms with Crippen LogP contribution < -0.4 is 10.6 Å². The maximum absolute atomic E-state index is 12.4. The van der Waals surface area contributed by atoms with E-state index in [1.54, 1.807) is 6.07 Å². The van der Waals surface area contributed by atoms with Crippen LogP contribution in [0.25, 0.3) is 0 Å². The number of hydrogen-bond acceptors (Lipinski definition) is 4. The second-order valence-electron chi connectivity index (χ2n) is 4.55. The smallest absolute Gasteiger partial charge is 0.234 e. The molecule has 0 aliphatic carbocycles. The van der Waals surface area contributed by atoms with Crippen molar-refractivity contribution in [2.45, 2.75) is 12.3 Å². The van der Waals surface area contributed by atoms with Crippen LogP contribution in [0.1, 0.15) is 17.9 Å².